The molecule has 2 aromatic carbocycles. The van der Waals surface area contributed by atoms with E-state index in [4.69, 9.17) is 4.74 Å². The monoisotopic (exact) mass is 269 g/mol. The SMILES string of the molecule is COCCNC(=O)c1cccc(-c2cccc(C)c2)c1. The molecule has 2 rings (SSSR count). The fourth-order valence-electron chi connectivity index (χ4n) is 2.03. The second-order valence-electron chi connectivity index (χ2n) is 4.70. The largest absolute Gasteiger partial charge is 0.383 e. The number of methoxy groups -OCH3 is 1. The molecular formula is C17H19NO2. The van der Waals surface area contributed by atoms with Crippen molar-refractivity contribution in [2.75, 3.05) is 20.3 Å². The Kier molecular flexibility index (Phi) is 4.91. The van der Waals surface area contributed by atoms with Crippen LogP contribution in [0.1, 0.15) is 15.9 Å². The van der Waals surface area contributed by atoms with Gasteiger partial charge in [0.15, 0.2) is 0 Å². The lowest BCUT2D eigenvalue weighted by Crippen LogP contribution is -2.26. The number of carbonyl (C=O) groups excluding carboxylic acids is 1. The summed E-state index contributed by atoms with van der Waals surface area (Å²) in [5.74, 6) is -0.0726. The van der Waals surface area contributed by atoms with Crippen LogP contribution in [0.3, 0.4) is 0 Å². The lowest BCUT2D eigenvalue weighted by molar-refractivity contribution is 0.0937. The van der Waals surface area contributed by atoms with Crippen LogP contribution in [-0.2, 0) is 4.74 Å². The Morgan fingerprint density at radius 1 is 1.10 bits per heavy atom. The van der Waals surface area contributed by atoms with Gasteiger partial charge in [-0.15, -0.1) is 0 Å². The fourth-order valence-corrected chi connectivity index (χ4v) is 2.03. The van der Waals surface area contributed by atoms with E-state index in [1.807, 2.05) is 30.3 Å². The van der Waals surface area contributed by atoms with E-state index in [-0.39, 0.29) is 5.91 Å². The molecule has 2 aromatic rings. The number of hydrogen-bond donors (Lipinski definition) is 1. The van der Waals surface area contributed by atoms with Gasteiger partial charge in [-0.2, -0.15) is 0 Å². The Morgan fingerprint density at radius 3 is 2.50 bits per heavy atom. The molecule has 0 saturated carbocycles. The zero-order chi connectivity index (χ0) is 14.4. The quantitative estimate of drug-likeness (QED) is 0.847. The van der Waals surface area contributed by atoms with Crippen LogP contribution in [0.2, 0.25) is 0 Å². The van der Waals surface area contributed by atoms with E-state index >= 15 is 0 Å². The molecule has 0 heterocycles. The Labute approximate surface area is 119 Å². The predicted molar refractivity (Wildman–Crippen MR) is 80.8 cm³/mol. The molecule has 0 atom stereocenters. The highest BCUT2D eigenvalue weighted by Gasteiger charge is 2.06. The number of benzene rings is 2. The van der Waals surface area contributed by atoms with Crippen molar-refractivity contribution < 1.29 is 9.53 Å². The molecule has 0 radical (unpaired) electrons. The van der Waals surface area contributed by atoms with Gasteiger partial charge >= 0.3 is 0 Å². The van der Waals surface area contributed by atoms with Crippen LogP contribution >= 0.6 is 0 Å². The third-order valence-electron chi connectivity index (χ3n) is 3.07. The number of carbonyl (C=O) groups is 1. The fraction of sp³-hybridized carbons (Fsp3) is 0.235. The van der Waals surface area contributed by atoms with Gasteiger partial charge in [0.05, 0.1) is 6.61 Å². The third-order valence-corrected chi connectivity index (χ3v) is 3.07. The lowest BCUT2D eigenvalue weighted by Gasteiger charge is -2.07. The highest BCUT2D eigenvalue weighted by Crippen LogP contribution is 2.21. The molecule has 3 heteroatoms. The zero-order valence-corrected chi connectivity index (χ0v) is 11.8. The first-order chi connectivity index (χ1) is 9.70. The first kappa shape index (κ1) is 14.3. The Balaban J connectivity index is 2.17. The first-order valence-electron chi connectivity index (χ1n) is 6.65. The van der Waals surface area contributed by atoms with Gasteiger partial charge in [-0.3, -0.25) is 4.79 Å². The normalized spacial score (nSPS) is 10.3. The topological polar surface area (TPSA) is 38.3 Å². The zero-order valence-electron chi connectivity index (χ0n) is 11.8. The van der Waals surface area contributed by atoms with E-state index in [2.05, 4.69) is 30.4 Å². The van der Waals surface area contributed by atoms with E-state index < -0.39 is 0 Å². The van der Waals surface area contributed by atoms with E-state index in [0.717, 1.165) is 11.1 Å². The summed E-state index contributed by atoms with van der Waals surface area (Å²) in [5, 5.41) is 2.83. The van der Waals surface area contributed by atoms with Crippen molar-refractivity contribution in [1.29, 1.82) is 0 Å². The Bertz CT molecular complexity index is 593. The third kappa shape index (κ3) is 3.68. The predicted octanol–water partition coefficient (Wildman–Crippen LogP) is 3.04. The number of rotatable bonds is 5. The van der Waals surface area contributed by atoms with Crippen LogP contribution < -0.4 is 5.32 Å². The molecule has 0 aliphatic heterocycles. The van der Waals surface area contributed by atoms with Crippen LogP contribution in [-0.4, -0.2) is 26.2 Å². The molecule has 0 bridgehead atoms. The maximum atomic E-state index is 12.0. The average molecular weight is 269 g/mol. The summed E-state index contributed by atoms with van der Waals surface area (Å²) in [4.78, 5) is 12.0. The van der Waals surface area contributed by atoms with Gasteiger partial charge < -0.3 is 10.1 Å². The van der Waals surface area contributed by atoms with Crippen LogP contribution in [0.5, 0.6) is 0 Å². The van der Waals surface area contributed by atoms with Gasteiger partial charge in [0.25, 0.3) is 5.91 Å². The Morgan fingerprint density at radius 2 is 1.80 bits per heavy atom. The van der Waals surface area contributed by atoms with Crippen LogP contribution in [0, 0.1) is 6.92 Å². The van der Waals surface area contributed by atoms with Crippen molar-refractivity contribution in [3.05, 3.63) is 59.7 Å². The summed E-state index contributed by atoms with van der Waals surface area (Å²) < 4.78 is 4.92. The van der Waals surface area contributed by atoms with Crippen molar-refractivity contribution in [1.82, 2.24) is 5.32 Å². The smallest absolute Gasteiger partial charge is 0.251 e. The van der Waals surface area contributed by atoms with Crippen LogP contribution in [0.15, 0.2) is 48.5 Å². The molecule has 0 aliphatic carbocycles. The molecular weight excluding hydrogens is 250 g/mol. The summed E-state index contributed by atoms with van der Waals surface area (Å²) in [6, 6.07) is 15.9. The van der Waals surface area contributed by atoms with Crippen molar-refractivity contribution in [2.24, 2.45) is 0 Å². The van der Waals surface area contributed by atoms with Crippen molar-refractivity contribution in [3.8, 4) is 11.1 Å². The second-order valence-corrected chi connectivity index (χ2v) is 4.70. The highest BCUT2D eigenvalue weighted by molar-refractivity contribution is 5.95. The highest BCUT2D eigenvalue weighted by atomic mass is 16.5. The molecule has 0 saturated heterocycles. The van der Waals surface area contributed by atoms with Crippen LogP contribution in [0.4, 0.5) is 0 Å². The van der Waals surface area contributed by atoms with E-state index in [1.165, 1.54) is 5.56 Å². The summed E-state index contributed by atoms with van der Waals surface area (Å²) >= 11 is 0. The van der Waals surface area contributed by atoms with Crippen molar-refractivity contribution in [3.63, 3.8) is 0 Å². The van der Waals surface area contributed by atoms with Gasteiger partial charge in [-0.25, -0.2) is 0 Å². The van der Waals surface area contributed by atoms with Crippen LogP contribution in [0.25, 0.3) is 11.1 Å². The molecule has 1 N–H and O–H groups in total. The molecule has 0 spiro atoms. The number of amides is 1. The second kappa shape index (κ2) is 6.87. The maximum absolute atomic E-state index is 12.0. The maximum Gasteiger partial charge on any atom is 0.251 e. The molecule has 0 aliphatic rings. The minimum absolute atomic E-state index is 0.0726. The van der Waals surface area contributed by atoms with Gasteiger partial charge in [-0.1, -0.05) is 42.0 Å². The molecule has 0 fully saturated rings. The summed E-state index contributed by atoms with van der Waals surface area (Å²) in [6.45, 7) is 3.10. The number of nitrogens with one attached hydrogen (secondary N) is 1. The number of aryl methyl sites for hydroxylation is 1. The van der Waals surface area contributed by atoms with Gasteiger partial charge in [0.1, 0.15) is 0 Å². The summed E-state index contributed by atoms with van der Waals surface area (Å²) in [6.07, 6.45) is 0. The molecule has 3 nitrogen and oxygen atoms in total. The van der Waals surface area contributed by atoms with Crippen molar-refractivity contribution in [2.45, 2.75) is 6.92 Å². The molecule has 0 unspecified atom stereocenters. The molecule has 20 heavy (non-hydrogen) atoms. The minimum atomic E-state index is -0.0726. The van der Waals surface area contributed by atoms with Gasteiger partial charge in [0, 0.05) is 19.2 Å². The van der Waals surface area contributed by atoms with Gasteiger partial charge in [0.2, 0.25) is 0 Å². The molecule has 104 valence electrons. The van der Waals surface area contributed by atoms with Gasteiger partial charge in [-0.05, 0) is 30.2 Å². The summed E-state index contributed by atoms with van der Waals surface area (Å²) in [7, 11) is 1.62. The van der Waals surface area contributed by atoms with E-state index in [1.54, 1.807) is 7.11 Å². The van der Waals surface area contributed by atoms with E-state index in [0.29, 0.717) is 18.7 Å². The molecule has 1 amide bonds. The molecule has 0 aromatic heterocycles. The number of ether oxygens (including phenoxy) is 1. The lowest BCUT2D eigenvalue weighted by atomic mass is 10.0. The summed E-state index contributed by atoms with van der Waals surface area (Å²) in [5.41, 5.74) is 4.04. The van der Waals surface area contributed by atoms with Crippen molar-refractivity contribution >= 4 is 5.91 Å². The Hall–Kier alpha value is -2.13. The standard InChI is InChI=1S/C17H19NO2/c1-13-5-3-6-14(11-13)15-7-4-8-16(12-15)17(19)18-9-10-20-2/h3-8,11-12H,9-10H2,1-2H3,(H,18,19). The average Bonchev–Trinajstić information content (AvgIpc) is 2.47. The first-order valence-corrected chi connectivity index (χ1v) is 6.65. The minimum Gasteiger partial charge on any atom is -0.383 e. The van der Waals surface area contributed by atoms with E-state index in [9.17, 15) is 4.79 Å². The number of hydrogen-bond acceptors (Lipinski definition) is 2.